The number of aliphatic hydroxyl groups excluding tert-OH is 1. The standard InChI is InChI=1S/C17H25NO3/c1-10-8-12(11(2)19)9-13-14(6-7-21-15(10)13)18-16(20)17(3,4)5/h8-9,11,14,19H,6-7H2,1-5H3,(H,18,20). The Hall–Kier alpha value is -1.55. The molecule has 116 valence electrons. The van der Waals surface area contributed by atoms with Crippen LogP contribution in [0.4, 0.5) is 0 Å². The Bertz CT molecular complexity index is 544. The summed E-state index contributed by atoms with van der Waals surface area (Å²) in [5.74, 6) is 0.866. The molecule has 0 spiro atoms. The fraction of sp³-hybridized carbons (Fsp3) is 0.588. The van der Waals surface area contributed by atoms with Crippen LogP contribution in [-0.4, -0.2) is 17.6 Å². The highest BCUT2D eigenvalue weighted by atomic mass is 16.5. The molecule has 0 aromatic heterocycles. The second-order valence-electron chi connectivity index (χ2n) is 6.85. The summed E-state index contributed by atoms with van der Waals surface area (Å²) in [5, 5.41) is 12.9. The first-order valence-electron chi connectivity index (χ1n) is 7.46. The number of nitrogens with one attached hydrogen (secondary N) is 1. The number of ether oxygens (including phenoxy) is 1. The van der Waals surface area contributed by atoms with Gasteiger partial charge in [0.2, 0.25) is 5.91 Å². The van der Waals surface area contributed by atoms with Crippen LogP contribution in [0, 0.1) is 12.3 Å². The summed E-state index contributed by atoms with van der Waals surface area (Å²) >= 11 is 0. The fourth-order valence-electron chi connectivity index (χ4n) is 2.49. The summed E-state index contributed by atoms with van der Waals surface area (Å²) in [6, 6.07) is 3.83. The molecule has 1 aromatic carbocycles. The van der Waals surface area contributed by atoms with Crippen LogP contribution < -0.4 is 10.1 Å². The van der Waals surface area contributed by atoms with Gasteiger partial charge in [0.05, 0.1) is 18.8 Å². The molecule has 0 fully saturated rings. The van der Waals surface area contributed by atoms with Gasteiger partial charge < -0.3 is 15.2 Å². The van der Waals surface area contributed by atoms with Crippen LogP contribution >= 0.6 is 0 Å². The van der Waals surface area contributed by atoms with Crippen LogP contribution in [0.1, 0.15) is 63.0 Å². The maximum absolute atomic E-state index is 12.2. The monoisotopic (exact) mass is 291 g/mol. The second kappa shape index (κ2) is 5.68. The first kappa shape index (κ1) is 15.8. The number of hydrogen-bond acceptors (Lipinski definition) is 3. The van der Waals surface area contributed by atoms with Gasteiger partial charge in [-0.05, 0) is 37.1 Å². The molecule has 21 heavy (non-hydrogen) atoms. The van der Waals surface area contributed by atoms with Gasteiger partial charge in [-0.25, -0.2) is 0 Å². The molecule has 2 rings (SSSR count). The average Bonchev–Trinajstić information content (AvgIpc) is 2.38. The minimum atomic E-state index is -0.533. The largest absolute Gasteiger partial charge is 0.493 e. The summed E-state index contributed by atoms with van der Waals surface area (Å²) in [7, 11) is 0. The molecule has 0 aliphatic carbocycles. The van der Waals surface area contributed by atoms with E-state index in [9.17, 15) is 9.90 Å². The Balaban J connectivity index is 2.36. The number of carbonyl (C=O) groups excluding carboxylic acids is 1. The summed E-state index contributed by atoms with van der Waals surface area (Å²) in [6.45, 7) is 10.0. The van der Waals surface area contributed by atoms with Gasteiger partial charge in [-0.1, -0.05) is 20.8 Å². The van der Waals surface area contributed by atoms with Gasteiger partial charge in [0.25, 0.3) is 0 Å². The first-order valence-corrected chi connectivity index (χ1v) is 7.46. The summed E-state index contributed by atoms with van der Waals surface area (Å²) in [6.07, 6.45) is 0.215. The lowest BCUT2D eigenvalue weighted by atomic mass is 9.91. The van der Waals surface area contributed by atoms with Crippen LogP contribution in [0.2, 0.25) is 0 Å². The topological polar surface area (TPSA) is 58.6 Å². The van der Waals surface area contributed by atoms with E-state index >= 15 is 0 Å². The van der Waals surface area contributed by atoms with Gasteiger partial charge in [0, 0.05) is 17.4 Å². The van der Waals surface area contributed by atoms with Gasteiger partial charge in [-0.3, -0.25) is 4.79 Å². The zero-order chi connectivity index (χ0) is 15.8. The number of aliphatic hydroxyl groups is 1. The van der Waals surface area contributed by atoms with Crippen molar-refractivity contribution in [1.29, 1.82) is 0 Å². The summed E-state index contributed by atoms with van der Waals surface area (Å²) in [4.78, 5) is 12.2. The Morgan fingerprint density at radius 2 is 2.10 bits per heavy atom. The van der Waals surface area contributed by atoms with E-state index in [4.69, 9.17) is 4.74 Å². The Labute approximate surface area is 126 Å². The SMILES string of the molecule is Cc1cc(C(C)O)cc2c1OCCC2NC(=O)C(C)(C)C. The second-order valence-corrected chi connectivity index (χ2v) is 6.85. The highest BCUT2D eigenvalue weighted by Gasteiger charge is 2.29. The van der Waals surface area contributed by atoms with E-state index in [2.05, 4.69) is 5.32 Å². The van der Waals surface area contributed by atoms with Crippen molar-refractivity contribution in [3.8, 4) is 5.75 Å². The van der Waals surface area contributed by atoms with Crippen LogP contribution in [0.25, 0.3) is 0 Å². The van der Waals surface area contributed by atoms with Crippen LogP contribution in [0.15, 0.2) is 12.1 Å². The molecule has 0 radical (unpaired) electrons. The van der Waals surface area contributed by atoms with Crippen molar-refractivity contribution >= 4 is 5.91 Å². The Morgan fingerprint density at radius 1 is 1.43 bits per heavy atom. The van der Waals surface area contributed by atoms with Crippen molar-refractivity contribution in [2.45, 2.75) is 53.2 Å². The molecule has 1 aliphatic rings. The van der Waals surface area contributed by atoms with E-state index in [0.717, 1.165) is 28.9 Å². The van der Waals surface area contributed by atoms with Crippen molar-refractivity contribution < 1.29 is 14.6 Å². The number of rotatable bonds is 2. The maximum atomic E-state index is 12.2. The number of aryl methyl sites for hydroxylation is 1. The predicted octanol–water partition coefficient (Wildman–Crippen LogP) is 3.03. The number of fused-ring (bicyclic) bond motifs is 1. The van der Waals surface area contributed by atoms with Crippen LogP contribution in [0.3, 0.4) is 0 Å². The third kappa shape index (κ3) is 3.38. The highest BCUT2D eigenvalue weighted by Crippen LogP contribution is 2.37. The Morgan fingerprint density at radius 3 is 2.67 bits per heavy atom. The van der Waals surface area contributed by atoms with E-state index in [1.54, 1.807) is 6.92 Å². The minimum Gasteiger partial charge on any atom is -0.493 e. The molecule has 2 atom stereocenters. The lowest BCUT2D eigenvalue weighted by Crippen LogP contribution is -2.39. The van der Waals surface area contributed by atoms with Crippen molar-refractivity contribution in [1.82, 2.24) is 5.32 Å². The molecular weight excluding hydrogens is 266 g/mol. The molecule has 0 bridgehead atoms. The van der Waals surface area contributed by atoms with Crippen molar-refractivity contribution in [3.05, 3.63) is 28.8 Å². The quantitative estimate of drug-likeness (QED) is 0.880. The van der Waals surface area contributed by atoms with Gasteiger partial charge in [0.1, 0.15) is 5.75 Å². The highest BCUT2D eigenvalue weighted by molar-refractivity contribution is 5.82. The normalized spacial score (nSPS) is 19.4. The molecule has 4 heteroatoms. The summed E-state index contributed by atoms with van der Waals surface area (Å²) < 4.78 is 5.75. The molecule has 0 saturated carbocycles. The van der Waals surface area contributed by atoms with Crippen molar-refractivity contribution in [2.24, 2.45) is 5.41 Å². The zero-order valence-electron chi connectivity index (χ0n) is 13.5. The summed E-state index contributed by atoms with van der Waals surface area (Å²) in [5.41, 5.74) is 2.40. The molecule has 0 saturated heterocycles. The van der Waals surface area contributed by atoms with Crippen LogP contribution in [-0.2, 0) is 4.79 Å². The van der Waals surface area contributed by atoms with E-state index in [-0.39, 0.29) is 11.9 Å². The molecule has 4 nitrogen and oxygen atoms in total. The van der Waals surface area contributed by atoms with Crippen molar-refractivity contribution in [2.75, 3.05) is 6.61 Å². The fourth-order valence-corrected chi connectivity index (χ4v) is 2.49. The van der Waals surface area contributed by atoms with Crippen LogP contribution in [0.5, 0.6) is 5.75 Å². The molecule has 1 heterocycles. The predicted molar refractivity (Wildman–Crippen MR) is 82.3 cm³/mol. The van der Waals surface area contributed by atoms with Gasteiger partial charge in [-0.2, -0.15) is 0 Å². The number of carbonyl (C=O) groups is 1. The molecule has 2 unspecified atom stereocenters. The van der Waals surface area contributed by atoms with E-state index in [0.29, 0.717) is 6.61 Å². The van der Waals surface area contributed by atoms with Crippen molar-refractivity contribution in [3.63, 3.8) is 0 Å². The molecule has 1 aliphatic heterocycles. The lowest BCUT2D eigenvalue weighted by molar-refractivity contribution is -0.129. The number of hydrogen-bond donors (Lipinski definition) is 2. The molecule has 1 aromatic rings. The van der Waals surface area contributed by atoms with E-state index in [1.807, 2.05) is 39.8 Å². The molecule has 2 N–H and O–H groups in total. The third-order valence-corrected chi connectivity index (χ3v) is 3.82. The smallest absolute Gasteiger partial charge is 0.225 e. The minimum absolute atomic E-state index is 0.0282. The average molecular weight is 291 g/mol. The lowest BCUT2D eigenvalue weighted by Gasteiger charge is -2.31. The number of benzene rings is 1. The molecular formula is C17H25NO3. The van der Waals surface area contributed by atoms with E-state index in [1.165, 1.54) is 0 Å². The van der Waals surface area contributed by atoms with Gasteiger partial charge in [-0.15, -0.1) is 0 Å². The van der Waals surface area contributed by atoms with Gasteiger partial charge in [0.15, 0.2) is 0 Å². The maximum Gasteiger partial charge on any atom is 0.225 e. The molecule has 1 amide bonds. The van der Waals surface area contributed by atoms with E-state index < -0.39 is 11.5 Å². The first-order chi connectivity index (χ1) is 9.70. The Kier molecular flexibility index (Phi) is 4.28. The zero-order valence-corrected chi connectivity index (χ0v) is 13.5. The number of amides is 1. The third-order valence-electron chi connectivity index (χ3n) is 3.82. The van der Waals surface area contributed by atoms with Gasteiger partial charge >= 0.3 is 0 Å².